The fraction of sp³-hybridized carbons (Fsp3) is 0.0508. The Kier molecular flexibility index (Phi) is 7.92. The van der Waals surface area contributed by atoms with E-state index < -0.39 is 0 Å². The van der Waals surface area contributed by atoms with E-state index in [1.54, 1.807) is 0 Å². The molecule has 0 unspecified atom stereocenters. The maximum Gasteiger partial charge on any atom is 0.136 e. The number of para-hydroxylation sites is 2. The Balaban J connectivity index is 1.03. The van der Waals surface area contributed by atoms with Crippen LogP contribution in [0.4, 0.5) is 17.1 Å². The fourth-order valence-corrected chi connectivity index (χ4v) is 10.2. The highest BCUT2D eigenvalue weighted by molar-refractivity contribution is 6.12. The third-order valence-electron chi connectivity index (χ3n) is 13.1. The van der Waals surface area contributed by atoms with Gasteiger partial charge in [0.15, 0.2) is 0 Å². The lowest BCUT2D eigenvalue weighted by Crippen LogP contribution is -2.16. The SMILES string of the molecule is CC1(C)c2ccccc2-c2cccc(-c3cccc(N(c4ccc(-c5cccc6c5ccc5ccccc56)cc4)c4ccccc4-c4ccc5c(c4)oc4ccccc45)c3)c21. The van der Waals surface area contributed by atoms with Crippen LogP contribution in [-0.2, 0) is 5.41 Å². The van der Waals surface area contributed by atoms with Crippen LogP contribution < -0.4 is 4.90 Å². The number of hydrogen-bond donors (Lipinski definition) is 0. The van der Waals surface area contributed by atoms with Gasteiger partial charge >= 0.3 is 0 Å². The molecule has 0 spiro atoms. The lowest BCUT2D eigenvalue weighted by atomic mass is 9.79. The van der Waals surface area contributed by atoms with E-state index in [-0.39, 0.29) is 5.41 Å². The predicted molar refractivity (Wildman–Crippen MR) is 257 cm³/mol. The van der Waals surface area contributed by atoms with Gasteiger partial charge in [-0.25, -0.2) is 0 Å². The number of nitrogens with zero attached hydrogens (tertiary/aromatic N) is 1. The Bertz CT molecular complexity index is 3520. The molecule has 1 aliphatic rings. The molecule has 0 saturated heterocycles. The van der Waals surface area contributed by atoms with E-state index in [9.17, 15) is 0 Å². The number of fused-ring (bicyclic) bond motifs is 9. The Labute approximate surface area is 355 Å². The number of hydrogen-bond acceptors (Lipinski definition) is 2. The normalized spacial score (nSPS) is 12.9. The first-order valence-electron chi connectivity index (χ1n) is 21.2. The van der Waals surface area contributed by atoms with E-state index in [0.717, 1.165) is 50.1 Å². The van der Waals surface area contributed by atoms with Crippen LogP contribution in [0.3, 0.4) is 0 Å². The van der Waals surface area contributed by atoms with Gasteiger partial charge < -0.3 is 9.32 Å². The second-order valence-corrected chi connectivity index (χ2v) is 16.8. The Morgan fingerprint density at radius 1 is 0.361 bits per heavy atom. The Morgan fingerprint density at radius 3 is 1.89 bits per heavy atom. The lowest BCUT2D eigenvalue weighted by Gasteiger charge is -2.29. The summed E-state index contributed by atoms with van der Waals surface area (Å²) in [5.74, 6) is 0. The number of furan rings is 1. The molecule has 11 aromatic rings. The van der Waals surface area contributed by atoms with Crippen molar-refractivity contribution < 1.29 is 4.42 Å². The molecular formula is C59H41NO. The summed E-state index contributed by atoms with van der Waals surface area (Å²) in [6.07, 6.45) is 0. The minimum atomic E-state index is -0.135. The molecular weight excluding hydrogens is 739 g/mol. The van der Waals surface area contributed by atoms with E-state index in [4.69, 9.17) is 4.42 Å². The molecule has 1 aromatic heterocycles. The number of anilines is 3. The summed E-state index contributed by atoms with van der Waals surface area (Å²) < 4.78 is 6.42. The van der Waals surface area contributed by atoms with Crippen molar-refractivity contribution >= 4 is 60.5 Å². The maximum absolute atomic E-state index is 6.42. The number of benzene rings is 10. The molecule has 0 atom stereocenters. The highest BCUT2D eigenvalue weighted by Gasteiger charge is 2.37. The molecule has 12 rings (SSSR count). The van der Waals surface area contributed by atoms with Crippen molar-refractivity contribution in [1.29, 1.82) is 0 Å². The molecule has 0 amide bonds. The highest BCUT2D eigenvalue weighted by atomic mass is 16.3. The van der Waals surface area contributed by atoms with E-state index >= 15 is 0 Å². The van der Waals surface area contributed by atoms with Gasteiger partial charge in [0.25, 0.3) is 0 Å². The van der Waals surface area contributed by atoms with Crippen LogP contribution in [0.2, 0.25) is 0 Å². The van der Waals surface area contributed by atoms with Gasteiger partial charge in [-0.3, -0.25) is 0 Å². The van der Waals surface area contributed by atoms with Gasteiger partial charge in [-0.2, -0.15) is 0 Å². The molecule has 2 nitrogen and oxygen atoms in total. The molecule has 0 fully saturated rings. The van der Waals surface area contributed by atoms with Crippen molar-refractivity contribution in [2.45, 2.75) is 19.3 Å². The standard InChI is InChI=1S/C59H41NO/c1-59(2)54-25-8-5-19-50(54)53-24-13-22-47(58(53)59)40-15-11-16-43(36-40)60(55-26-9-6-18-46(55)41-31-35-52-51-20-7-10-27-56(51)61-57(52)37-41)42-32-28-39(29-33-42)45-21-12-23-48-44-17-4-3-14-38(44)30-34-49(45)48/h3-37H,1-2H3. The number of rotatable bonds is 6. The summed E-state index contributed by atoms with van der Waals surface area (Å²) in [7, 11) is 0. The molecule has 0 N–H and O–H groups in total. The molecule has 0 saturated carbocycles. The summed E-state index contributed by atoms with van der Waals surface area (Å²) >= 11 is 0. The molecule has 61 heavy (non-hydrogen) atoms. The fourth-order valence-electron chi connectivity index (χ4n) is 10.2. The molecule has 0 radical (unpaired) electrons. The molecule has 1 heterocycles. The van der Waals surface area contributed by atoms with Gasteiger partial charge in [-0.15, -0.1) is 0 Å². The summed E-state index contributed by atoms with van der Waals surface area (Å²) in [5, 5.41) is 7.32. The van der Waals surface area contributed by atoms with Crippen LogP contribution >= 0.6 is 0 Å². The van der Waals surface area contributed by atoms with Gasteiger partial charge in [0.2, 0.25) is 0 Å². The van der Waals surface area contributed by atoms with E-state index in [1.165, 1.54) is 66.1 Å². The zero-order valence-electron chi connectivity index (χ0n) is 34.1. The second-order valence-electron chi connectivity index (χ2n) is 16.8. The predicted octanol–water partition coefficient (Wildman–Crippen LogP) is 16.7. The second kappa shape index (κ2) is 13.7. The monoisotopic (exact) mass is 779 g/mol. The zero-order chi connectivity index (χ0) is 40.7. The molecule has 0 bridgehead atoms. The topological polar surface area (TPSA) is 16.4 Å². The minimum absolute atomic E-state index is 0.135. The van der Waals surface area contributed by atoms with Crippen molar-refractivity contribution in [3.8, 4) is 44.5 Å². The summed E-state index contributed by atoms with van der Waals surface area (Å²) in [6, 6.07) is 77.4. The van der Waals surface area contributed by atoms with E-state index in [2.05, 4.69) is 219 Å². The molecule has 1 aliphatic carbocycles. The zero-order valence-corrected chi connectivity index (χ0v) is 34.1. The van der Waals surface area contributed by atoms with Crippen LogP contribution in [0.25, 0.3) is 88.0 Å². The first kappa shape index (κ1) is 35.3. The lowest BCUT2D eigenvalue weighted by molar-refractivity contribution is 0.662. The quantitative estimate of drug-likeness (QED) is 0.156. The maximum atomic E-state index is 6.42. The van der Waals surface area contributed by atoms with Gasteiger partial charge in [-0.05, 0) is 120 Å². The van der Waals surface area contributed by atoms with Gasteiger partial charge in [0.1, 0.15) is 11.2 Å². The van der Waals surface area contributed by atoms with Crippen LogP contribution in [0, 0.1) is 0 Å². The smallest absolute Gasteiger partial charge is 0.136 e. The molecule has 288 valence electrons. The third kappa shape index (κ3) is 5.56. The van der Waals surface area contributed by atoms with Crippen LogP contribution in [0.1, 0.15) is 25.0 Å². The van der Waals surface area contributed by atoms with Gasteiger partial charge in [0.05, 0.1) is 5.69 Å². The molecule has 10 aromatic carbocycles. The molecule has 2 heteroatoms. The van der Waals surface area contributed by atoms with Crippen LogP contribution in [-0.4, -0.2) is 0 Å². The Hall–Kier alpha value is -7.68. The van der Waals surface area contributed by atoms with Crippen molar-refractivity contribution in [3.05, 3.63) is 223 Å². The van der Waals surface area contributed by atoms with Crippen molar-refractivity contribution in [1.82, 2.24) is 0 Å². The van der Waals surface area contributed by atoms with Crippen molar-refractivity contribution in [3.63, 3.8) is 0 Å². The highest BCUT2D eigenvalue weighted by Crippen LogP contribution is 2.53. The first-order chi connectivity index (χ1) is 30.0. The van der Waals surface area contributed by atoms with Gasteiger partial charge in [0, 0.05) is 33.1 Å². The average molecular weight is 780 g/mol. The largest absolute Gasteiger partial charge is 0.456 e. The van der Waals surface area contributed by atoms with E-state index in [1.807, 2.05) is 12.1 Å². The summed E-state index contributed by atoms with van der Waals surface area (Å²) in [5.41, 5.74) is 17.4. The van der Waals surface area contributed by atoms with Crippen LogP contribution in [0.15, 0.2) is 217 Å². The van der Waals surface area contributed by atoms with E-state index in [0.29, 0.717) is 0 Å². The average Bonchev–Trinajstić information content (AvgIpc) is 3.80. The Morgan fingerprint density at radius 2 is 0.984 bits per heavy atom. The van der Waals surface area contributed by atoms with Gasteiger partial charge in [-0.1, -0.05) is 178 Å². The van der Waals surface area contributed by atoms with Crippen molar-refractivity contribution in [2.75, 3.05) is 4.90 Å². The van der Waals surface area contributed by atoms with Crippen LogP contribution in [0.5, 0.6) is 0 Å². The third-order valence-corrected chi connectivity index (χ3v) is 13.1. The summed E-state index contributed by atoms with van der Waals surface area (Å²) in [4.78, 5) is 2.42. The summed E-state index contributed by atoms with van der Waals surface area (Å²) in [6.45, 7) is 4.73. The first-order valence-corrected chi connectivity index (χ1v) is 21.2. The van der Waals surface area contributed by atoms with Crippen molar-refractivity contribution in [2.24, 2.45) is 0 Å². The molecule has 0 aliphatic heterocycles. The minimum Gasteiger partial charge on any atom is -0.456 e.